The van der Waals surface area contributed by atoms with Crippen molar-refractivity contribution in [1.29, 1.82) is 0 Å². The minimum Gasteiger partial charge on any atom is -0.272 e. The Kier molecular flexibility index (Phi) is 2.18. The Balaban J connectivity index is 2.16. The van der Waals surface area contributed by atoms with Crippen LogP contribution in [-0.4, -0.2) is 11.5 Å². The van der Waals surface area contributed by atoms with Gasteiger partial charge in [0, 0.05) is 5.92 Å². The number of nitrogens with one attached hydrogen (secondary N) is 1. The molecular weight excluding hydrogens is 142 g/mol. The molecule has 0 bridgehead atoms. The second-order valence-corrected chi connectivity index (χ2v) is 3.96. The van der Waals surface area contributed by atoms with Crippen LogP contribution in [0, 0.1) is 5.92 Å². The summed E-state index contributed by atoms with van der Waals surface area (Å²) in [6.45, 7) is 5.71. The second kappa shape index (κ2) is 2.81. The van der Waals surface area contributed by atoms with Crippen LogP contribution < -0.4 is 5.48 Å². The maximum absolute atomic E-state index is 11.0. The fourth-order valence-corrected chi connectivity index (χ4v) is 0.632. The van der Waals surface area contributed by atoms with Gasteiger partial charge in [-0.3, -0.25) is 9.63 Å². The van der Waals surface area contributed by atoms with Gasteiger partial charge < -0.3 is 0 Å². The van der Waals surface area contributed by atoms with Crippen molar-refractivity contribution >= 4 is 5.91 Å². The highest BCUT2D eigenvalue weighted by Crippen LogP contribution is 2.28. The lowest BCUT2D eigenvalue weighted by atomic mass is 10.2. The fourth-order valence-electron chi connectivity index (χ4n) is 0.632. The minimum absolute atomic E-state index is 0.0277. The van der Waals surface area contributed by atoms with E-state index >= 15 is 0 Å². The molecule has 1 rings (SSSR count). The first-order valence-corrected chi connectivity index (χ1v) is 3.97. The van der Waals surface area contributed by atoms with Crippen LogP contribution in [0.25, 0.3) is 0 Å². The zero-order chi connectivity index (χ0) is 8.48. The molecule has 0 atom stereocenters. The Hall–Kier alpha value is -0.570. The van der Waals surface area contributed by atoms with Gasteiger partial charge in [-0.15, -0.1) is 0 Å². The molecule has 1 N–H and O–H groups in total. The fraction of sp³-hybridized carbons (Fsp3) is 0.875. The summed E-state index contributed by atoms with van der Waals surface area (Å²) in [5.41, 5.74) is 2.16. The molecule has 1 aliphatic rings. The summed E-state index contributed by atoms with van der Waals surface area (Å²) in [7, 11) is 0. The Morgan fingerprint density at radius 1 is 1.45 bits per heavy atom. The molecule has 1 saturated carbocycles. The van der Waals surface area contributed by atoms with Crippen molar-refractivity contribution in [2.24, 2.45) is 5.92 Å². The number of hydrogen-bond acceptors (Lipinski definition) is 2. The SMILES string of the molecule is CC(C)(C)ONC(=O)C1CC1. The van der Waals surface area contributed by atoms with Crippen molar-refractivity contribution in [2.75, 3.05) is 0 Å². The minimum atomic E-state index is -0.287. The summed E-state index contributed by atoms with van der Waals surface area (Å²) in [5.74, 6) is 0.247. The van der Waals surface area contributed by atoms with Crippen molar-refractivity contribution in [3.8, 4) is 0 Å². The number of hydroxylamine groups is 1. The third-order valence-corrected chi connectivity index (χ3v) is 1.41. The molecule has 11 heavy (non-hydrogen) atoms. The molecule has 64 valence electrons. The Labute approximate surface area is 67.1 Å². The van der Waals surface area contributed by atoms with Crippen LogP contribution in [0.15, 0.2) is 0 Å². The van der Waals surface area contributed by atoms with Gasteiger partial charge >= 0.3 is 0 Å². The number of hydrogen-bond donors (Lipinski definition) is 1. The van der Waals surface area contributed by atoms with Gasteiger partial charge in [0.2, 0.25) is 5.91 Å². The van der Waals surface area contributed by atoms with Crippen molar-refractivity contribution in [3.63, 3.8) is 0 Å². The molecule has 0 unspecified atom stereocenters. The highest BCUT2D eigenvalue weighted by Gasteiger charge is 2.30. The second-order valence-electron chi connectivity index (χ2n) is 3.96. The maximum Gasteiger partial charge on any atom is 0.246 e. The van der Waals surface area contributed by atoms with Crippen LogP contribution in [0.3, 0.4) is 0 Å². The standard InChI is InChI=1S/C8H15NO2/c1-8(2,3)11-9-7(10)6-4-5-6/h6H,4-5H2,1-3H3,(H,9,10). The van der Waals surface area contributed by atoms with E-state index in [9.17, 15) is 4.79 Å². The molecule has 0 saturated heterocycles. The third kappa shape index (κ3) is 3.37. The van der Waals surface area contributed by atoms with Gasteiger partial charge in [0.05, 0.1) is 5.60 Å². The van der Waals surface area contributed by atoms with Crippen molar-refractivity contribution in [2.45, 2.75) is 39.2 Å². The van der Waals surface area contributed by atoms with E-state index in [0.717, 1.165) is 12.8 Å². The molecule has 1 fully saturated rings. The molecule has 0 radical (unpaired) electrons. The Morgan fingerprint density at radius 3 is 2.36 bits per heavy atom. The van der Waals surface area contributed by atoms with Gasteiger partial charge in [-0.05, 0) is 33.6 Å². The van der Waals surface area contributed by atoms with E-state index in [2.05, 4.69) is 5.48 Å². The van der Waals surface area contributed by atoms with Crippen LogP contribution in [-0.2, 0) is 9.63 Å². The third-order valence-electron chi connectivity index (χ3n) is 1.41. The number of carbonyl (C=O) groups excluding carboxylic acids is 1. The summed E-state index contributed by atoms with van der Waals surface area (Å²) in [6, 6.07) is 0. The van der Waals surface area contributed by atoms with Crippen LogP contribution in [0.1, 0.15) is 33.6 Å². The van der Waals surface area contributed by atoms with Crippen LogP contribution in [0.5, 0.6) is 0 Å². The molecule has 3 heteroatoms. The van der Waals surface area contributed by atoms with Crippen LogP contribution in [0.4, 0.5) is 0 Å². The van der Waals surface area contributed by atoms with E-state index < -0.39 is 0 Å². The molecule has 0 aromatic heterocycles. The van der Waals surface area contributed by atoms with Gasteiger partial charge in [-0.2, -0.15) is 0 Å². The highest BCUT2D eigenvalue weighted by atomic mass is 16.7. The average Bonchev–Trinajstić information content (AvgIpc) is 2.61. The molecule has 1 aliphatic carbocycles. The van der Waals surface area contributed by atoms with E-state index in [1.807, 2.05) is 20.8 Å². The topological polar surface area (TPSA) is 38.3 Å². The normalized spacial score (nSPS) is 18.1. The van der Waals surface area contributed by atoms with E-state index in [4.69, 9.17) is 4.84 Å². The van der Waals surface area contributed by atoms with Crippen molar-refractivity contribution in [1.82, 2.24) is 5.48 Å². The summed E-state index contributed by atoms with van der Waals surface area (Å²) >= 11 is 0. The molecule has 0 aromatic rings. The molecule has 0 aliphatic heterocycles. The molecule has 0 spiro atoms. The summed E-state index contributed by atoms with van der Waals surface area (Å²) in [6.07, 6.45) is 2.03. The van der Waals surface area contributed by atoms with E-state index in [1.165, 1.54) is 0 Å². The molecule has 0 heterocycles. The maximum atomic E-state index is 11.0. The average molecular weight is 157 g/mol. The van der Waals surface area contributed by atoms with Gasteiger partial charge in [-0.1, -0.05) is 0 Å². The molecular formula is C8H15NO2. The number of carbonyl (C=O) groups is 1. The number of amides is 1. The predicted octanol–water partition coefficient (Wildman–Crippen LogP) is 1.24. The van der Waals surface area contributed by atoms with Gasteiger partial charge in [-0.25, -0.2) is 5.48 Å². The van der Waals surface area contributed by atoms with E-state index in [-0.39, 0.29) is 17.4 Å². The summed E-state index contributed by atoms with van der Waals surface area (Å²) in [4.78, 5) is 16.1. The quantitative estimate of drug-likeness (QED) is 0.612. The Morgan fingerprint density at radius 2 is 2.00 bits per heavy atom. The molecule has 3 nitrogen and oxygen atoms in total. The van der Waals surface area contributed by atoms with Crippen LogP contribution >= 0.6 is 0 Å². The van der Waals surface area contributed by atoms with Gasteiger partial charge in [0.1, 0.15) is 0 Å². The zero-order valence-corrected chi connectivity index (χ0v) is 7.31. The first kappa shape index (κ1) is 8.53. The molecule has 1 amide bonds. The smallest absolute Gasteiger partial charge is 0.246 e. The van der Waals surface area contributed by atoms with E-state index in [1.54, 1.807) is 0 Å². The lowest BCUT2D eigenvalue weighted by molar-refractivity contribution is -0.146. The Bertz CT molecular complexity index is 156. The number of rotatable bonds is 2. The molecule has 0 aromatic carbocycles. The zero-order valence-electron chi connectivity index (χ0n) is 7.31. The lowest BCUT2D eigenvalue weighted by Crippen LogP contribution is -2.34. The summed E-state index contributed by atoms with van der Waals surface area (Å²) < 4.78 is 0. The van der Waals surface area contributed by atoms with Crippen molar-refractivity contribution < 1.29 is 9.63 Å². The summed E-state index contributed by atoms with van der Waals surface area (Å²) in [5, 5.41) is 0. The first-order chi connectivity index (χ1) is 4.99. The van der Waals surface area contributed by atoms with Gasteiger partial charge in [0.15, 0.2) is 0 Å². The van der Waals surface area contributed by atoms with Crippen LogP contribution in [0.2, 0.25) is 0 Å². The van der Waals surface area contributed by atoms with Gasteiger partial charge in [0.25, 0.3) is 0 Å². The lowest BCUT2D eigenvalue weighted by Gasteiger charge is -2.18. The predicted molar refractivity (Wildman–Crippen MR) is 41.7 cm³/mol. The van der Waals surface area contributed by atoms with Crippen molar-refractivity contribution in [3.05, 3.63) is 0 Å². The highest BCUT2D eigenvalue weighted by molar-refractivity contribution is 5.79. The van der Waals surface area contributed by atoms with E-state index in [0.29, 0.717) is 0 Å². The first-order valence-electron chi connectivity index (χ1n) is 3.97. The monoisotopic (exact) mass is 157 g/mol. The largest absolute Gasteiger partial charge is 0.272 e.